The Morgan fingerprint density at radius 2 is 0.797 bits per heavy atom. The summed E-state index contributed by atoms with van der Waals surface area (Å²) in [4.78, 5) is 39.3. The van der Waals surface area contributed by atoms with Crippen molar-refractivity contribution in [2.24, 2.45) is 11.8 Å². The van der Waals surface area contributed by atoms with Gasteiger partial charge in [0.1, 0.15) is 0 Å². The lowest BCUT2D eigenvalue weighted by atomic mass is 9.95. The Morgan fingerprint density at radius 3 is 1.33 bits per heavy atom. The average molecular weight is 906 g/mol. The van der Waals surface area contributed by atoms with Crippen molar-refractivity contribution in [2.45, 2.75) is 310 Å². The van der Waals surface area contributed by atoms with Crippen LogP contribution >= 0.6 is 0 Å². The number of carboxylic acid groups (broad SMARTS) is 1. The molecule has 3 unspecified atom stereocenters. The van der Waals surface area contributed by atoms with Gasteiger partial charge in [-0.15, -0.1) is 0 Å². The number of unbranched alkanes of at least 4 members (excludes halogenated alkanes) is 25. The number of carboxylic acids is 1. The summed E-state index contributed by atoms with van der Waals surface area (Å²) in [7, 11) is 0. The maximum Gasteiger partial charge on any atom is 0.305 e. The molecule has 7 nitrogen and oxygen atoms in total. The van der Waals surface area contributed by atoms with Crippen molar-refractivity contribution in [3.63, 3.8) is 0 Å². The number of carbonyl (C=O) groups excluding carboxylic acids is 2. The van der Waals surface area contributed by atoms with Crippen LogP contribution in [0.2, 0.25) is 0 Å². The van der Waals surface area contributed by atoms with Crippen LogP contribution in [0.5, 0.6) is 0 Å². The molecule has 0 aromatic carbocycles. The van der Waals surface area contributed by atoms with E-state index in [1.165, 1.54) is 212 Å². The lowest BCUT2D eigenvalue weighted by molar-refractivity contribution is -0.145. The SMILES string of the molecule is CCCCCCCCCN(CCCCC(=O)O)C(CCCCCCCCC(=O)NCC(CCCC)CCCCCC)CCCCCCCCC(=O)OCC(CCCC)CCCCCC. The third-order valence-corrected chi connectivity index (χ3v) is 13.9. The highest BCUT2D eigenvalue weighted by Crippen LogP contribution is 2.23. The first-order valence-electron chi connectivity index (χ1n) is 28.7. The monoisotopic (exact) mass is 905 g/mol. The van der Waals surface area contributed by atoms with E-state index < -0.39 is 5.97 Å². The lowest BCUT2D eigenvalue weighted by Crippen LogP contribution is -2.37. The largest absolute Gasteiger partial charge is 0.481 e. The second-order valence-corrected chi connectivity index (χ2v) is 20.2. The zero-order chi connectivity index (χ0) is 47.0. The van der Waals surface area contributed by atoms with Crippen LogP contribution in [0.1, 0.15) is 304 Å². The van der Waals surface area contributed by atoms with Gasteiger partial charge in [0.05, 0.1) is 6.61 Å². The van der Waals surface area contributed by atoms with E-state index >= 15 is 0 Å². The minimum absolute atomic E-state index is 0.000398. The molecule has 7 heteroatoms. The molecule has 64 heavy (non-hydrogen) atoms. The van der Waals surface area contributed by atoms with Gasteiger partial charge in [-0.3, -0.25) is 14.4 Å². The minimum atomic E-state index is -0.680. The molecular weight excluding hydrogens is 793 g/mol. The van der Waals surface area contributed by atoms with Gasteiger partial charge in [-0.1, -0.05) is 214 Å². The Labute approximate surface area is 399 Å². The summed E-state index contributed by atoms with van der Waals surface area (Å²) in [6.45, 7) is 14.9. The van der Waals surface area contributed by atoms with Gasteiger partial charge < -0.3 is 20.1 Å². The van der Waals surface area contributed by atoms with Crippen molar-refractivity contribution in [3.8, 4) is 0 Å². The number of rotatable bonds is 52. The summed E-state index contributed by atoms with van der Waals surface area (Å²) in [5, 5.41) is 12.6. The molecule has 0 fully saturated rings. The molecule has 3 atom stereocenters. The maximum atomic E-state index is 12.7. The Bertz CT molecular complexity index is 950. The topological polar surface area (TPSA) is 95.9 Å². The van der Waals surface area contributed by atoms with Gasteiger partial charge in [0.2, 0.25) is 5.91 Å². The first-order chi connectivity index (χ1) is 31.3. The van der Waals surface area contributed by atoms with Gasteiger partial charge in [-0.2, -0.15) is 0 Å². The predicted molar refractivity (Wildman–Crippen MR) is 276 cm³/mol. The quantitative estimate of drug-likeness (QED) is 0.0466. The molecule has 0 saturated carbocycles. The molecule has 0 heterocycles. The third-order valence-electron chi connectivity index (χ3n) is 13.9. The van der Waals surface area contributed by atoms with Crippen LogP contribution in [0, 0.1) is 11.8 Å². The molecule has 2 N–H and O–H groups in total. The van der Waals surface area contributed by atoms with Gasteiger partial charge in [0, 0.05) is 31.8 Å². The lowest BCUT2D eigenvalue weighted by Gasteiger charge is -2.32. The van der Waals surface area contributed by atoms with E-state index in [1.807, 2.05) is 0 Å². The highest BCUT2D eigenvalue weighted by Gasteiger charge is 2.19. The summed E-state index contributed by atoms with van der Waals surface area (Å²) in [6, 6.07) is 0.573. The third kappa shape index (κ3) is 43.0. The van der Waals surface area contributed by atoms with Crippen molar-refractivity contribution in [3.05, 3.63) is 0 Å². The van der Waals surface area contributed by atoms with Crippen molar-refractivity contribution < 1.29 is 24.2 Å². The van der Waals surface area contributed by atoms with Crippen molar-refractivity contribution in [1.29, 1.82) is 0 Å². The van der Waals surface area contributed by atoms with Gasteiger partial charge in [-0.05, 0) is 95.6 Å². The Morgan fingerprint density at radius 1 is 0.422 bits per heavy atom. The fraction of sp³-hybridized carbons (Fsp3) is 0.947. The molecule has 0 aliphatic rings. The van der Waals surface area contributed by atoms with Crippen LogP contribution in [-0.2, 0) is 19.1 Å². The van der Waals surface area contributed by atoms with E-state index in [1.54, 1.807) is 0 Å². The first kappa shape index (κ1) is 62.4. The molecular formula is C57H112N2O5. The first-order valence-corrected chi connectivity index (χ1v) is 28.7. The molecule has 0 spiro atoms. The number of nitrogens with zero attached hydrogens (tertiary/aromatic N) is 1. The zero-order valence-corrected chi connectivity index (χ0v) is 43.8. The predicted octanol–water partition coefficient (Wildman–Crippen LogP) is 17.1. The molecule has 0 radical (unpaired) electrons. The zero-order valence-electron chi connectivity index (χ0n) is 43.8. The van der Waals surface area contributed by atoms with E-state index in [2.05, 4.69) is 44.8 Å². The second-order valence-electron chi connectivity index (χ2n) is 20.2. The molecule has 0 aliphatic carbocycles. The summed E-state index contributed by atoms with van der Waals surface area (Å²) >= 11 is 0. The van der Waals surface area contributed by atoms with Gasteiger partial charge in [-0.25, -0.2) is 0 Å². The van der Waals surface area contributed by atoms with E-state index in [0.717, 1.165) is 58.2 Å². The number of amides is 1. The van der Waals surface area contributed by atoms with Gasteiger partial charge in [0.15, 0.2) is 0 Å². The molecule has 0 aromatic heterocycles. The van der Waals surface area contributed by atoms with Crippen LogP contribution in [-0.4, -0.2) is 60.1 Å². The fourth-order valence-electron chi connectivity index (χ4n) is 9.57. The fourth-order valence-corrected chi connectivity index (χ4v) is 9.57. The van der Waals surface area contributed by atoms with Crippen molar-refractivity contribution in [2.75, 3.05) is 26.2 Å². The molecule has 0 rings (SSSR count). The molecule has 0 aliphatic heterocycles. The summed E-state index contributed by atoms with van der Waals surface area (Å²) in [5.74, 6) is 0.731. The number of hydrogen-bond acceptors (Lipinski definition) is 5. The Balaban J connectivity index is 4.90. The summed E-state index contributed by atoms with van der Waals surface area (Å²) in [6.07, 6.45) is 49.0. The molecule has 0 bridgehead atoms. The summed E-state index contributed by atoms with van der Waals surface area (Å²) < 4.78 is 5.78. The van der Waals surface area contributed by atoms with Crippen LogP contribution in [0.4, 0.5) is 0 Å². The normalized spacial score (nSPS) is 13.0. The van der Waals surface area contributed by atoms with Crippen LogP contribution < -0.4 is 5.32 Å². The number of esters is 1. The molecule has 0 saturated heterocycles. The van der Waals surface area contributed by atoms with Crippen molar-refractivity contribution in [1.82, 2.24) is 10.2 Å². The standard InChI is InChI=1S/C57H112N2O5/c1-6-11-16-19-24-29-37-48-59(49-38-36-46-56(61)62)54(43-32-25-20-22-27-34-45-55(60)58-50-52(39-14-9-4)41-30-17-12-7-2)44-33-26-21-23-28-35-47-57(63)64-51-53(40-15-10-5)42-31-18-13-8-3/h52-54H,6-51H2,1-5H3,(H,58,60)(H,61,62). The van der Waals surface area contributed by atoms with Gasteiger partial charge in [0.25, 0.3) is 0 Å². The highest BCUT2D eigenvalue weighted by atomic mass is 16.5. The second kappa shape index (κ2) is 49.3. The molecule has 380 valence electrons. The molecule has 1 amide bonds. The van der Waals surface area contributed by atoms with Crippen LogP contribution in [0.15, 0.2) is 0 Å². The van der Waals surface area contributed by atoms with Crippen LogP contribution in [0.3, 0.4) is 0 Å². The van der Waals surface area contributed by atoms with E-state index in [0.29, 0.717) is 37.3 Å². The highest BCUT2D eigenvalue weighted by molar-refractivity contribution is 5.75. The van der Waals surface area contributed by atoms with Gasteiger partial charge >= 0.3 is 11.9 Å². The number of aliphatic carboxylic acids is 1. The number of nitrogens with one attached hydrogen (secondary N) is 1. The van der Waals surface area contributed by atoms with E-state index in [4.69, 9.17) is 4.74 Å². The van der Waals surface area contributed by atoms with Crippen molar-refractivity contribution >= 4 is 17.8 Å². The number of ether oxygens (including phenoxy) is 1. The van der Waals surface area contributed by atoms with Crippen LogP contribution in [0.25, 0.3) is 0 Å². The Hall–Kier alpha value is -1.63. The van der Waals surface area contributed by atoms with E-state index in [-0.39, 0.29) is 18.3 Å². The maximum absolute atomic E-state index is 12.7. The van der Waals surface area contributed by atoms with E-state index in [9.17, 15) is 19.5 Å². The smallest absolute Gasteiger partial charge is 0.305 e. The minimum Gasteiger partial charge on any atom is -0.481 e. The summed E-state index contributed by atoms with van der Waals surface area (Å²) in [5.41, 5.74) is 0. The average Bonchev–Trinajstić information content (AvgIpc) is 3.29. The Kier molecular flexibility index (Phi) is 48.0. The number of hydrogen-bond donors (Lipinski definition) is 2. The molecule has 0 aromatic rings. The number of carbonyl (C=O) groups is 3.